The zero-order valence-corrected chi connectivity index (χ0v) is 17.6. The van der Waals surface area contributed by atoms with Gasteiger partial charge in [-0.25, -0.2) is 0 Å². The first-order chi connectivity index (χ1) is 15.0. The van der Waals surface area contributed by atoms with Crippen LogP contribution in [0.15, 0.2) is 82.0 Å². The molecule has 0 saturated heterocycles. The molecule has 5 rings (SSSR count). The largest absolute Gasteiger partial charge is 0.450 e. The number of hydrogen-bond donors (Lipinski definition) is 0. The maximum absolute atomic E-state index is 13.6. The van der Waals surface area contributed by atoms with Gasteiger partial charge >= 0.3 is 0 Å². The van der Waals surface area contributed by atoms with E-state index in [0.717, 1.165) is 22.3 Å². The lowest BCUT2D eigenvalue weighted by atomic mass is 9.97. The van der Waals surface area contributed by atoms with Crippen molar-refractivity contribution >= 4 is 16.9 Å². The van der Waals surface area contributed by atoms with Gasteiger partial charge in [-0.2, -0.15) is 0 Å². The molecule has 0 radical (unpaired) electrons. The molecule has 1 aromatic heterocycles. The first-order valence-corrected chi connectivity index (χ1v) is 10.5. The molecule has 4 heteroatoms. The lowest BCUT2D eigenvalue weighted by Gasteiger charge is -2.25. The molecule has 1 amide bonds. The number of benzene rings is 3. The molecule has 1 aliphatic rings. The van der Waals surface area contributed by atoms with Crippen LogP contribution in [0.5, 0.6) is 0 Å². The normalized spacial score (nSPS) is 15.5. The molecule has 0 spiro atoms. The van der Waals surface area contributed by atoms with Crippen molar-refractivity contribution in [2.75, 3.05) is 6.54 Å². The lowest BCUT2D eigenvalue weighted by Crippen LogP contribution is -2.31. The summed E-state index contributed by atoms with van der Waals surface area (Å²) in [7, 11) is 0. The van der Waals surface area contributed by atoms with Gasteiger partial charge in [0.1, 0.15) is 5.58 Å². The number of aryl methyl sites for hydroxylation is 2. The Kier molecular flexibility index (Phi) is 4.70. The predicted octanol–water partition coefficient (Wildman–Crippen LogP) is 5.20. The minimum atomic E-state index is -0.449. The number of amides is 1. The summed E-state index contributed by atoms with van der Waals surface area (Å²) in [6.07, 6.45) is 0.704. The molecule has 2 heterocycles. The van der Waals surface area contributed by atoms with Gasteiger partial charge in [-0.15, -0.1) is 0 Å². The van der Waals surface area contributed by atoms with E-state index in [-0.39, 0.29) is 17.1 Å². The minimum Gasteiger partial charge on any atom is -0.450 e. The van der Waals surface area contributed by atoms with E-state index in [9.17, 15) is 9.59 Å². The smallest absolute Gasteiger partial charge is 0.290 e. The summed E-state index contributed by atoms with van der Waals surface area (Å²) < 4.78 is 6.08. The fraction of sp³-hybridized carbons (Fsp3) is 0.185. The Hall–Kier alpha value is -3.66. The van der Waals surface area contributed by atoms with Crippen LogP contribution in [0.1, 0.15) is 44.4 Å². The van der Waals surface area contributed by atoms with Crippen molar-refractivity contribution in [3.05, 3.63) is 117 Å². The standard InChI is InChI=1S/C27H23NO3/c1-17-15-21-22(16-18(17)2)31-26-23(25(21)29)24(20-11-7-4-8-12-20)28(27(26)30)14-13-19-9-5-3-6-10-19/h3-12,15-16,24H,13-14H2,1-2H3. The van der Waals surface area contributed by atoms with Gasteiger partial charge in [-0.1, -0.05) is 60.7 Å². The van der Waals surface area contributed by atoms with Crippen molar-refractivity contribution < 1.29 is 9.21 Å². The van der Waals surface area contributed by atoms with E-state index in [1.165, 1.54) is 0 Å². The van der Waals surface area contributed by atoms with Crippen LogP contribution in [0.2, 0.25) is 0 Å². The van der Waals surface area contributed by atoms with Crippen LogP contribution in [-0.2, 0) is 6.42 Å². The average molecular weight is 409 g/mol. The maximum atomic E-state index is 13.6. The molecule has 3 aromatic carbocycles. The molecule has 1 atom stereocenters. The van der Waals surface area contributed by atoms with Crippen molar-refractivity contribution in [3.8, 4) is 0 Å². The second-order valence-corrected chi connectivity index (χ2v) is 8.15. The van der Waals surface area contributed by atoms with Crippen molar-refractivity contribution in [1.29, 1.82) is 0 Å². The van der Waals surface area contributed by atoms with E-state index in [2.05, 4.69) is 12.1 Å². The zero-order valence-electron chi connectivity index (χ0n) is 17.6. The number of carbonyl (C=O) groups excluding carboxylic acids is 1. The van der Waals surface area contributed by atoms with Crippen LogP contribution in [-0.4, -0.2) is 17.4 Å². The van der Waals surface area contributed by atoms with E-state index in [1.807, 2.05) is 74.5 Å². The molecule has 4 nitrogen and oxygen atoms in total. The average Bonchev–Trinajstić information content (AvgIpc) is 3.07. The van der Waals surface area contributed by atoms with Gasteiger partial charge in [0.05, 0.1) is 17.0 Å². The van der Waals surface area contributed by atoms with Crippen LogP contribution in [0, 0.1) is 13.8 Å². The Morgan fingerprint density at radius 1 is 0.871 bits per heavy atom. The third-order valence-electron chi connectivity index (χ3n) is 6.18. The van der Waals surface area contributed by atoms with Gasteiger partial charge in [-0.3, -0.25) is 9.59 Å². The summed E-state index contributed by atoms with van der Waals surface area (Å²) in [6.45, 7) is 4.45. The number of fused-ring (bicyclic) bond motifs is 2. The lowest BCUT2D eigenvalue weighted by molar-refractivity contribution is 0.0730. The van der Waals surface area contributed by atoms with E-state index >= 15 is 0 Å². The molecule has 4 aromatic rings. The van der Waals surface area contributed by atoms with E-state index in [0.29, 0.717) is 29.5 Å². The number of carbonyl (C=O) groups is 1. The highest BCUT2D eigenvalue weighted by Crippen LogP contribution is 2.38. The molecular formula is C27H23NO3. The molecule has 31 heavy (non-hydrogen) atoms. The zero-order chi connectivity index (χ0) is 21.5. The highest BCUT2D eigenvalue weighted by Gasteiger charge is 2.42. The fourth-order valence-electron chi connectivity index (χ4n) is 4.38. The molecule has 0 N–H and O–H groups in total. The molecule has 0 saturated carbocycles. The SMILES string of the molecule is Cc1cc2oc3c(c(=O)c2cc1C)C(c1ccccc1)N(CCc1ccccc1)C3=O. The van der Waals surface area contributed by atoms with E-state index in [4.69, 9.17) is 4.42 Å². The number of nitrogens with zero attached hydrogens (tertiary/aromatic N) is 1. The van der Waals surface area contributed by atoms with Gasteiger partial charge in [0.2, 0.25) is 5.76 Å². The summed E-state index contributed by atoms with van der Waals surface area (Å²) in [4.78, 5) is 28.8. The number of hydrogen-bond acceptors (Lipinski definition) is 3. The van der Waals surface area contributed by atoms with Gasteiger partial charge in [0.25, 0.3) is 5.91 Å². The van der Waals surface area contributed by atoms with Crippen LogP contribution in [0.3, 0.4) is 0 Å². The summed E-state index contributed by atoms with van der Waals surface area (Å²) in [6, 6.07) is 23.1. The summed E-state index contributed by atoms with van der Waals surface area (Å²) in [5.74, 6) is -0.0559. The van der Waals surface area contributed by atoms with E-state index < -0.39 is 6.04 Å². The van der Waals surface area contributed by atoms with Crippen molar-refractivity contribution in [1.82, 2.24) is 4.90 Å². The molecule has 0 bridgehead atoms. The Morgan fingerprint density at radius 3 is 2.23 bits per heavy atom. The fourth-order valence-corrected chi connectivity index (χ4v) is 4.38. The Labute approximate surface area is 180 Å². The van der Waals surface area contributed by atoms with Crippen LogP contribution < -0.4 is 5.43 Å². The van der Waals surface area contributed by atoms with Crippen molar-refractivity contribution in [2.24, 2.45) is 0 Å². The third-order valence-corrected chi connectivity index (χ3v) is 6.18. The van der Waals surface area contributed by atoms with Gasteiger partial charge < -0.3 is 9.32 Å². The summed E-state index contributed by atoms with van der Waals surface area (Å²) in [5.41, 5.74) is 4.91. The Bertz CT molecular complexity index is 1340. The number of rotatable bonds is 4. The quantitative estimate of drug-likeness (QED) is 0.466. The van der Waals surface area contributed by atoms with E-state index in [1.54, 1.807) is 4.90 Å². The summed E-state index contributed by atoms with van der Waals surface area (Å²) >= 11 is 0. The molecule has 0 aliphatic carbocycles. The third kappa shape index (κ3) is 3.25. The first kappa shape index (κ1) is 19.3. The second kappa shape index (κ2) is 7.55. The van der Waals surface area contributed by atoms with Crippen LogP contribution in [0.25, 0.3) is 11.0 Å². The molecule has 154 valence electrons. The van der Waals surface area contributed by atoms with Crippen molar-refractivity contribution in [3.63, 3.8) is 0 Å². The predicted molar refractivity (Wildman–Crippen MR) is 121 cm³/mol. The van der Waals surface area contributed by atoms with Crippen LogP contribution >= 0.6 is 0 Å². The minimum absolute atomic E-state index is 0.122. The van der Waals surface area contributed by atoms with Gasteiger partial charge in [0, 0.05) is 6.54 Å². The molecular weight excluding hydrogens is 386 g/mol. The first-order valence-electron chi connectivity index (χ1n) is 10.5. The molecule has 1 aliphatic heterocycles. The monoisotopic (exact) mass is 409 g/mol. The molecule has 0 fully saturated rings. The Balaban J connectivity index is 1.67. The summed E-state index contributed by atoms with van der Waals surface area (Å²) in [5, 5.41) is 0.528. The molecule has 1 unspecified atom stereocenters. The second-order valence-electron chi connectivity index (χ2n) is 8.15. The highest BCUT2D eigenvalue weighted by atomic mass is 16.3. The maximum Gasteiger partial charge on any atom is 0.290 e. The highest BCUT2D eigenvalue weighted by molar-refractivity contribution is 5.99. The van der Waals surface area contributed by atoms with Crippen molar-refractivity contribution in [2.45, 2.75) is 26.3 Å². The van der Waals surface area contributed by atoms with Gasteiger partial charge in [0.15, 0.2) is 5.43 Å². The topological polar surface area (TPSA) is 50.5 Å². The van der Waals surface area contributed by atoms with Crippen LogP contribution in [0.4, 0.5) is 0 Å². The Morgan fingerprint density at radius 2 is 1.52 bits per heavy atom. The van der Waals surface area contributed by atoms with Gasteiger partial charge in [-0.05, 0) is 54.7 Å².